The monoisotopic (exact) mass is 413 g/mol. The van der Waals surface area contributed by atoms with Crippen LogP contribution >= 0.6 is 35.0 Å². The summed E-state index contributed by atoms with van der Waals surface area (Å²) in [6, 6.07) is 11.7. The Hall–Kier alpha value is -1.43. The average molecular weight is 414 g/mol. The first-order valence-electron chi connectivity index (χ1n) is 8.26. The van der Waals surface area contributed by atoms with Gasteiger partial charge in [0.2, 0.25) is 0 Å². The van der Waals surface area contributed by atoms with Crippen LogP contribution in [0.5, 0.6) is 5.75 Å². The maximum Gasteiger partial charge on any atom is 0.260 e. The minimum absolute atomic E-state index is 0.0561. The lowest BCUT2D eigenvalue weighted by atomic mass is 10.1. The quantitative estimate of drug-likeness (QED) is 0.687. The Labute approximate surface area is 166 Å². The summed E-state index contributed by atoms with van der Waals surface area (Å²) in [4.78, 5) is 14.2. The van der Waals surface area contributed by atoms with Crippen LogP contribution in [0.4, 0.5) is 4.39 Å². The normalized spacial score (nSPS) is 17.7. The summed E-state index contributed by atoms with van der Waals surface area (Å²) in [5.41, 5.74) is 0.705. The largest absolute Gasteiger partial charge is 0.482 e. The summed E-state index contributed by atoms with van der Waals surface area (Å²) in [5, 5.41) is 0.939. The van der Waals surface area contributed by atoms with Crippen LogP contribution < -0.4 is 4.74 Å². The Balaban J connectivity index is 1.57. The van der Waals surface area contributed by atoms with Gasteiger partial charge in [-0.25, -0.2) is 4.39 Å². The Morgan fingerprint density at radius 3 is 2.81 bits per heavy atom. The van der Waals surface area contributed by atoms with Crippen LogP contribution in [0.3, 0.4) is 0 Å². The molecule has 26 heavy (non-hydrogen) atoms. The molecule has 1 aliphatic heterocycles. The van der Waals surface area contributed by atoms with Gasteiger partial charge in [0.25, 0.3) is 5.91 Å². The van der Waals surface area contributed by atoms with E-state index in [0.29, 0.717) is 40.9 Å². The molecule has 2 aromatic carbocycles. The fourth-order valence-electron chi connectivity index (χ4n) is 2.83. The Morgan fingerprint density at radius 1 is 1.23 bits per heavy atom. The van der Waals surface area contributed by atoms with Crippen molar-refractivity contribution in [3.05, 3.63) is 63.9 Å². The first-order valence-corrected chi connectivity index (χ1v) is 10.1. The minimum Gasteiger partial charge on any atom is -0.482 e. The molecule has 0 saturated carbocycles. The van der Waals surface area contributed by atoms with E-state index in [4.69, 9.17) is 27.9 Å². The first-order chi connectivity index (χ1) is 12.5. The Bertz CT molecular complexity index is 790. The van der Waals surface area contributed by atoms with Gasteiger partial charge in [-0.05, 0) is 30.7 Å². The maximum atomic E-state index is 14.0. The summed E-state index contributed by atoms with van der Waals surface area (Å²) in [6.45, 7) is 1.10. The van der Waals surface area contributed by atoms with Crippen molar-refractivity contribution in [2.24, 2.45) is 0 Å². The molecule has 0 aromatic heterocycles. The molecule has 0 bridgehead atoms. The molecule has 7 heteroatoms. The molecular weight excluding hydrogens is 396 g/mol. The highest BCUT2D eigenvalue weighted by Crippen LogP contribution is 2.35. The number of amides is 1. The second-order valence-electron chi connectivity index (χ2n) is 5.91. The average Bonchev–Trinajstić information content (AvgIpc) is 2.87. The number of nitrogens with zero attached hydrogens (tertiary/aromatic N) is 1. The van der Waals surface area contributed by atoms with Crippen molar-refractivity contribution in [1.29, 1.82) is 0 Å². The summed E-state index contributed by atoms with van der Waals surface area (Å²) in [5.74, 6) is 0.890. The van der Waals surface area contributed by atoms with Gasteiger partial charge in [0.1, 0.15) is 11.6 Å². The Kier molecular flexibility index (Phi) is 6.68. The standard InChI is InChI=1S/C19H18Cl2FNO2S/c20-13-5-6-17(15(21)11-13)25-12-19(24)23-8-7-18(26-10-9-23)14-3-1-2-4-16(14)22/h1-6,11,18H,7-10,12H2. The predicted octanol–water partition coefficient (Wildman–Crippen LogP) is 5.22. The topological polar surface area (TPSA) is 29.5 Å². The van der Waals surface area contributed by atoms with E-state index in [9.17, 15) is 9.18 Å². The fourth-order valence-corrected chi connectivity index (χ4v) is 4.54. The molecule has 1 atom stereocenters. The molecule has 1 aliphatic rings. The van der Waals surface area contributed by atoms with Gasteiger partial charge in [-0.1, -0.05) is 41.4 Å². The molecule has 1 heterocycles. The lowest BCUT2D eigenvalue weighted by molar-refractivity contribution is -0.133. The molecule has 0 spiro atoms. The molecule has 138 valence electrons. The van der Waals surface area contributed by atoms with E-state index in [-0.39, 0.29) is 23.6 Å². The zero-order valence-corrected chi connectivity index (χ0v) is 16.3. The summed E-state index contributed by atoms with van der Waals surface area (Å²) < 4.78 is 19.5. The third-order valence-corrected chi connectivity index (χ3v) is 6.03. The zero-order chi connectivity index (χ0) is 18.5. The van der Waals surface area contributed by atoms with Gasteiger partial charge in [0.15, 0.2) is 6.61 Å². The van der Waals surface area contributed by atoms with Crippen LogP contribution in [0.1, 0.15) is 17.2 Å². The smallest absolute Gasteiger partial charge is 0.260 e. The number of carbonyl (C=O) groups excluding carboxylic acids is 1. The van der Waals surface area contributed by atoms with Crippen LogP contribution in [0, 0.1) is 5.82 Å². The summed E-state index contributed by atoms with van der Waals surface area (Å²) in [6.07, 6.45) is 0.707. The van der Waals surface area contributed by atoms with E-state index in [1.807, 2.05) is 12.1 Å². The molecule has 0 N–H and O–H groups in total. The second-order valence-corrected chi connectivity index (χ2v) is 8.07. The molecule has 1 amide bonds. The number of halogens is 3. The minimum atomic E-state index is -0.189. The molecule has 0 radical (unpaired) electrons. The number of hydrogen-bond acceptors (Lipinski definition) is 3. The molecule has 0 aliphatic carbocycles. The van der Waals surface area contributed by atoms with Crippen LogP contribution in [-0.2, 0) is 4.79 Å². The van der Waals surface area contributed by atoms with Crippen LogP contribution in [-0.4, -0.2) is 36.3 Å². The molecule has 3 nitrogen and oxygen atoms in total. The number of thioether (sulfide) groups is 1. The Morgan fingerprint density at radius 2 is 2.04 bits per heavy atom. The number of hydrogen-bond donors (Lipinski definition) is 0. The molecule has 2 aromatic rings. The van der Waals surface area contributed by atoms with E-state index in [2.05, 4.69) is 0 Å². The maximum absolute atomic E-state index is 14.0. The van der Waals surface area contributed by atoms with Gasteiger partial charge in [-0.15, -0.1) is 0 Å². The molecular formula is C19H18Cl2FNO2S. The number of benzene rings is 2. The van der Waals surface area contributed by atoms with E-state index in [0.717, 1.165) is 5.75 Å². The van der Waals surface area contributed by atoms with Crippen molar-refractivity contribution < 1.29 is 13.9 Å². The lowest BCUT2D eigenvalue weighted by Gasteiger charge is -2.20. The van der Waals surface area contributed by atoms with Gasteiger partial charge in [0.05, 0.1) is 5.02 Å². The van der Waals surface area contributed by atoms with E-state index in [1.165, 1.54) is 6.07 Å². The van der Waals surface area contributed by atoms with Crippen molar-refractivity contribution in [3.8, 4) is 5.75 Å². The van der Waals surface area contributed by atoms with Gasteiger partial charge < -0.3 is 9.64 Å². The second kappa shape index (κ2) is 8.98. The fraction of sp³-hybridized carbons (Fsp3) is 0.316. The third-order valence-electron chi connectivity index (χ3n) is 4.19. The molecule has 1 saturated heterocycles. The van der Waals surface area contributed by atoms with Crippen molar-refractivity contribution in [2.45, 2.75) is 11.7 Å². The van der Waals surface area contributed by atoms with Gasteiger partial charge in [0, 0.05) is 34.7 Å². The predicted molar refractivity (Wildman–Crippen MR) is 105 cm³/mol. The van der Waals surface area contributed by atoms with E-state index in [1.54, 1.807) is 40.9 Å². The van der Waals surface area contributed by atoms with Gasteiger partial charge in [-0.3, -0.25) is 4.79 Å². The van der Waals surface area contributed by atoms with Crippen LogP contribution in [0.2, 0.25) is 10.0 Å². The highest BCUT2D eigenvalue weighted by Gasteiger charge is 2.24. The van der Waals surface area contributed by atoms with Crippen LogP contribution in [0.25, 0.3) is 0 Å². The van der Waals surface area contributed by atoms with Crippen molar-refractivity contribution in [3.63, 3.8) is 0 Å². The summed E-state index contributed by atoms with van der Waals surface area (Å²) >= 11 is 13.6. The van der Waals surface area contributed by atoms with Crippen LogP contribution in [0.15, 0.2) is 42.5 Å². The third kappa shape index (κ3) is 4.84. The van der Waals surface area contributed by atoms with Crippen molar-refractivity contribution in [2.75, 3.05) is 25.4 Å². The van der Waals surface area contributed by atoms with Gasteiger partial charge >= 0.3 is 0 Å². The SMILES string of the molecule is O=C(COc1ccc(Cl)cc1Cl)N1CCSC(c2ccccc2F)CC1. The first kappa shape index (κ1) is 19.3. The number of carbonyl (C=O) groups is 1. The highest BCUT2D eigenvalue weighted by molar-refractivity contribution is 7.99. The van der Waals surface area contributed by atoms with Crippen molar-refractivity contribution in [1.82, 2.24) is 4.90 Å². The van der Waals surface area contributed by atoms with E-state index < -0.39 is 0 Å². The van der Waals surface area contributed by atoms with Crippen molar-refractivity contribution >= 4 is 40.9 Å². The van der Waals surface area contributed by atoms with Gasteiger partial charge in [-0.2, -0.15) is 11.8 Å². The molecule has 1 unspecified atom stereocenters. The number of ether oxygens (including phenoxy) is 1. The zero-order valence-electron chi connectivity index (χ0n) is 14.0. The highest BCUT2D eigenvalue weighted by atomic mass is 35.5. The summed E-state index contributed by atoms with van der Waals surface area (Å²) in [7, 11) is 0. The number of rotatable bonds is 4. The molecule has 3 rings (SSSR count). The van der Waals surface area contributed by atoms with E-state index >= 15 is 0 Å². The molecule has 1 fully saturated rings. The lowest BCUT2D eigenvalue weighted by Crippen LogP contribution is -2.36.